The number of rotatable bonds is 4. The molecule has 3 atom stereocenters. The number of hydrogen-bond acceptors (Lipinski definition) is 2. The van der Waals surface area contributed by atoms with E-state index in [0.29, 0.717) is 0 Å². The molecule has 1 aliphatic heterocycles. The Kier molecular flexibility index (Phi) is 4.97. The van der Waals surface area contributed by atoms with E-state index < -0.39 is 0 Å². The molecular formula is C19H30N2. The lowest BCUT2D eigenvalue weighted by Gasteiger charge is -2.34. The number of piperidine rings is 1. The van der Waals surface area contributed by atoms with Crippen LogP contribution in [-0.4, -0.2) is 37.6 Å². The maximum Gasteiger partial charge on any atom is 0.0161 e. The van der Waals surface area contributed by atoms with E-state index in [9.17, 15) is 0 Å². The molecule has 2 heteroatoms. The Labute approximate surface area is 129 Å². The molecule has 0 amide bonds. The van der Waals surface area contributed by atoms with E-state index in [1.165, 1.54) is 57.3 Å². The Balaban J connectivity index is 1.63. The molecule has 2 nitrogen and oxygen atoms in total. The van der Waals surface area contributed by atoms with Gasteiger partial charge in [0.2, 0.25) is 0 Å². The Morgan fingerprint density at radius 2 is 1.90 bits per heavy atom. The van der Waals surface area contributed by atoms with Crippen LogP contribution in [0.3, 0.4) is 0 Å². The van der Waals surface area contributed by atoms with Crippen LogP contribution in [0.5, 0.6) is 0 Å². The van der Waals surface area contributed by atoms with Gasteiger partial charge in [-0.1, -0.05) is 36.2 Å². The van der Waals surface area contributed by atoms with Crippen LogP contribution in [0, 0.1) is 12.8 Å². The largest absolute Gasteiger partial charge is 0.316 e. The first kappa shape index (κ1) is 15.1. The van der Waals surface area contributed by atoms with Gasteiger partial charge in [-0.3, -0.25) is 0 Å². The highest BCUT2D eigenvalue weighted by molar-refractivity contribution is 5.26. The lowest BCUT2D eigenvalue weighted by atomic mass is 9.91. The molecule has 3 unspecified atom stereocenters. The van der Waals surface area contributed by atoms with Crippen LogP contribution in [0.2, 0.25) is 0 Å². The third kappa shape index (κ3) is 3.67. The predicted molar refractivity (Wildman–Crippen MR) is 89.8 cm³/mol. The van der Waals surface area contributed by atoms with Crippen molar-refractivity contribution < 1.29 is 0 Å². The molecule has 1 aliphatic carbocycles. The Morgan fingerprint density at radius 1 is 1.10 bits per heavy atom. The highest BCUT2D eigenvalue weighted by Crippen LogP contribution is 2.37. The van der Waals surface area contributed by atoms with E-state index in [4.69, 9.17) is 0 Å². The molecular weight excluding hydrogens is 256 g/mol. The van der Waals surface area contributed by atoms with Crippen molar-refractivity contribution in [3.8, 4) is 0 Å². The van der Waals surface area contributed by atoms with Gasteiger partial charge in [0.1, 0.15) is 0 Å². The number of nitrogens with one attached hydrogen (secondary N) is 1. The summed E-state index contributed by atoms with van der Waals surface area (Å²) in [6, 6.07) is 10.0. The molecule has 1 aromatic carbocycles. The summed E-state index contributed by atoms with van der Waals surface area (Å²) < 4.78 is 0. The molecule has 1 heterocycles. The SMILES string of the molecule is Cc1ccc(C2CCCC2N(C)CC2CCCNC2)cc1. The van der Waals surface area contributed by atoms with Crippen molar-refractivity contribution in [1.29, 1.82) is 0 Å². The van der Waals surface area contributed by atoms with Crippen molar-refractivity contribution in [1.82, 2.24) is 10.2 Å². The van der Waals surface area contributed by atoms with Crippen molar-refractivity contribution in [2.24, 2.45) is 5.92 Å². The third-order valence-corrected chi connectivity index (χ3v) is 5.50. The predicted octanol–water partition coefficient (Wildman–Crippen LogP) is 3.56. The highest BCUT2D eigenvalue weighted by atomic mass is 15.1. The van der Waals surface area contributed by atoms with Gasteiger partial charge in [0.15, 0.2) is 0 Å². The molecule has 0 bridgehead atoms. The number of aryl methyl sites for hydroxylation is 1. The molecule has 2 aliphatic rings. The van der Waals surface area contributed by atoms with E-state index in [2.05, 4.69) is 48.5 Å². The van der Waals surface area contributed by atoms with Crippen LogP contribution >= 0.6 is 0 Å². The maximum absolute atomic E-state index is 3.55. The summed E-state index contributed by atoms with van der Waals surface area (Å²) in [5, 5.41) is 3.55. The van der Waals surface area contributed by atoms with E-state index >= 15 is 0 Å². The zero-order valence-electron chi connectivity index (χ0n) is 13.6. The van der Waals surface area contributed by atoms with E-state index in [1.807, 2.05) is 0 Å². The van der Waals surface area contributed by atoms with Gasteiger partial charge in [-0.2, -0.15) is 0 Å². The zero-order chi connectivity index (χ0) is 14.7. The van der Waals surface area contributed by atoms with Gasteiger partial charge in [-0.25, -0.2) is 0 Å². The average Bonchev–Trinajstić information content (AvgIpc) is 2.98. The molecule has 0 aromatic heterocycles. The molecule has 2 fully saturated rings. The summed E-state index contributed by atoms with van der Waals surface area (Å²) in [5.41, 5.74) is 2.92. The lowest BCUT2D eigenvalue weighted by molar-refractivity contribution is 0.178. The molecule has 1 aromatic rings. The fourth-order valence-electron chi connectivity index (χ4n) is 4.29. The molecule has 1 saturated carbocycles. The number of hydrogen-bond donors (Lipinski definition) is 1. The van der Waals surface area contributed by atoms with E-state index in [0.717, 1.165) is 17.9 Å². The van der Waals surface area contributed by atoms with Gasteiger partial charge in [-0.05, 0) is 70.1 Å². The van der Waals surface area contributed by atoms with Crippen LogP contribution in [0.4, 0.5) is 0 Å². The lowest BCUT2D eigenvalue weighted by Crippen LogP contribution is -2.41. The summed E-state index contributed by atoms with van der Waals surface area (Å²) in [4.78, 5) is 2.66. The fourth-order valence-corrected chi connectivity index (χ4v) is 4.29. The molecule has 1 saturated heterocycles. The van der Waals surface area contributed by atoms with Crippen LogP contribution in [0.15, 0.2) is 24.3 Å². The minimum absolute atomic E-state index is 0.743. The summed E-state index contributed by atoms with van der Waals surface area (Å²) in [5.74, 6) is 1.59. The van der Waals surface area contributed by atoms with Crippen molar-refractivity contribution in [2.45, 2.75) is 51.0 Å². The second-order valence-electron chi connectivity index (χ2n) is 7.17. The smallest absolute Gasteiger partial charge is 0.0161 e. The molecule has 3 rings (SSSR count). The minimum atomic E-state index is 0.743. The number of nitrogens with zero attached hydrogens (tertiary/aromatic N) is 1. The average molecular weight is 286 g/mol. The summed E-state index contributed by atoms with van der Waals surface area (Å²) >= 11 is 0. The molecule has 116 valence electrons. The normalized spacial score (nSPS) is 30.0. The first-order valence-electron chi connectivity index (χ1n) is 8.71. The van der Waals surface area contributed by atoms with Crippen molar-refractivity contribution >= 4 is 0 Å². The minimum Gasteiger partial charge on any atom is -0.316 e. The first-order chi connectivity index (χ1) is 10.2. The highest BCUT2D eigenvalue weighted by Gasteiger charge is 2.32. The van der Waals surface area contributed by atoms with Crippen LogP contribution in [0.1, 0.15) is 49.1 Å². The summed E-state index contributed by atoms with van der Waals surface area (Å²) in [6.45, 7) is 5.88. The van der Waals surface area contributed by atoms with Gasteiger partial charge in [0, 0.05) is 12.6 Å². The zero-order valence-corrected chi connectivity index (χ0v) is 13.6. The maximum atomic E-state index is 3.55. The number of benzene rings is 1. The summed E-state index contributed by atoms with van der Waals surface area (Å²) in [7, 11) is 2.35. The van der Waals surface area contributed by atoms with E-state index in [-0.39, 0.29) is 0 Å². The molecule has 1 N–H and O–H groups in total. The quantitative estimate of drug-likeness (QED) is 0.910. The molecule has 21 heavy (non-hydrogen) atoms. The van der Waals surface area contributed by atoms with Crippen LogP contribution in [-0.2, 0) is 0 Å². The van der Waals surface area contributed by atoms with Gasteiger partial charge in [0.25, 0.3) is 0 Å². The van der Waals surface area contributed by atoms with Gasteiger partial charge in [-0.15, -0.1) is 0 Å². The van der Waals surface area contributed by atoms with Crippen molar-refractivity contribution in [3.05, 3.63) is 35.4 Å². The van der Waals surface area contributed by atoms with Crippen molar-refractivity contribution in [3.63, 3.8) is 0 Å². The standard InChI is InChI=1S/C19H30N2/c1-15-8-10-17(11-9-15)18-6-3-7-19(18)21(2)14-16-5-4-12-20-13-16/h8-11,16,18-20H,3-7,12-14H2,1-2H3. The Hall–Kier alpha value is -0.860. The summed E-state index contributed by atoms with van der Waals surface area (Å²) in [6.07, 6.45) is 6.87. The molecule has 0 radical (unpaired) electrons. The molecule has 0 spiro atoms. The monoisotopic (exact) mass is 286 g/mol. The first-order valence-corrected chi connectivity index (χ1v) is 8.71. The second kappa shape index (κ2) is 6.93. The Bertz CT molecular complexity index is 433. The third-order valence-electron chi connectivity index (χ3n) is 5.50. The number of likely N-dealkylation sites (N-methyl/N-ethyl adjacent to an activating group) is 1. The second-order valence-corrected chi connectivity index (χ2v) is 7.17. The topological polar surface area (TPSA) is 15.3 Å². The van der Waals surface area contributed by atoms with Crippen LogP contribution < -0.4 is 5.32 Å². The van der Waals surface area contributed by atoms with Crippen molar-refractivity contribution in [2.75, 3.05) is 26.7 Å². The van der Waals surface area contributed by atoms with Gasteiger partial charge in [0.05, 0.1) is 0 Å². The fraction of sp³-hybridized carbons (Fsp3) is 0.684. The Morgan fingerprint density at radius 3 is 2.62 bits per heavy atom. The van der Waals surface area contributed by atoms with Crippen LogP contribution in [0.25, 0.3) is 0 Å². The van der Waals surface area contributed by atoms with Gasteiger partial charge < -0.3 is 10.2 Å². The van der Waals surface area contributed by atoms with Gasteiger partial charge >= 0.3 is 0 Å². The van der Waals surface area contributed by atoms with E-state index in [1.54, 1.807) is 5.56 Å².